The number of amides is 1. The van der Waals surface area contributed by atoms with E-state index in [1.807, 2.05) is 0 Å². The van der Waals surface area contributed by atoms with Crippen molar-refractivity contribution in [2.24, 2.45) is 0 Å². The van der Waals surface area contributed by atoms with Crippen LogP contribution in [-0.4, -0.2) is 56.3 Å². The topological polar surface area (TPSA) is 50.8 Å². The van der Waals surface area contributed by atoms with Crippen molar-refractivity contribution in [2.45, 2.75) is 44.8 Å². The number of carbonyl (C=O) groups is 1. The van der Waals surface area contributed by atoms with Gasteiger partial charge in [0.1, 0.15) is 11.9 Å². The first-order valence-corrected chi connectivity index (χ1v) is 11.5. The Kier molecular flexibility index (Phi) is 9.19. The van der Waals surface area contributed by atoms with Gasteiger partial charge in [0.15, 0.2) is 0 Å². The van der Waals surface area contributed by atoms with E-state index in [1.165, 1.54) is 5.56 Å². The van der Waals surface area contributed by atoms with Gasteiger partial charge in [-0.25, -0.2) is 0 Å². The Balaban J connectivity index is 1.44. The molecule has 6 heteroatoms. The maximum atomic E-state index is 12.1. The number of nitrogens with one attached hydrogen (secondary N) is 1. The number of hydrogen-bond donors (Lipinski definition) is 1. The zero-order valence-corrected chi connectivity index (χ0v) is 19.2. The molecule has 1 heterocycles. The number of nitrogens with zero attached hydrogens (tertiary/aromatic N) is 1. The quantitative estimate of drug-likeness (QED) is 0.545. The Morgan fingerprint density at radius 3 is 2.61 bits per heavy atom. The second-order valence-corrected chi connectivity index (χ2v) is 8.53. The summed E-state index contributed by atoms with van der Waals surface area (Å²) in [6.07, 6.45) is 4.38. The molecule has 2 aromatic carbocycles. The molecular weight excluding hydrogens is 412 g/mol. The van der Waals surface area contributed by atoms with Gasteiger partial charge in [-0.1, -0.05) is 41.9 Å². The van der Waals surface area contributed by atoms with Gasteiger partial charge >= 0.3 is 0 Å². The van der Waals surface area contributed by atoms with Crippen molar-refractivity contribution in [1.29, 1.82) is 0 Å². The van der Waals surface area contributed by atoms with Gasteiger partial charge in [-0.15, -0.1) is 0 Å². The summed E-state index contributed by atoms with van der Waals surface area (Å²) < 4.78 is 11.1. The molecule has 0 bridgehead atoms. The van der Waals surface area contributed by atoms with Crippen LogP contribution in [0.2, 0.25) is 5.02 Å². The fourth-order valence-corrected chi connectivity index (χ4v) is 4.15. The van der Waals surface area contributed by atoms with Crippen LogP contribution < -0.4 is 10.1 Å². The number of ether oxygens (including phenoxy) is 2. The second-order valence-electron chi connectivity index (χ2n) is 8.12. The largest absolute Gasteiger partial charge is 0.489 e. The van der Waals surface area contributed by atoms with Crippen LogP contribution in [-0.2, 0) is 11.2 Å². The molecule has 0 spiro atoms. The molecule has 168 valence electrons. The van der Waals surface area contributed by atoms with Crippen molar-refractivity contribution in [1.82, 2.24) is 10.2 Å². The first kappa shape index (κ1) is 23.6. The molecule has 1 aliphatic rings. The van der Waals surface area contributed by atoms with Crippen LogP contribution in [0.5, 0.6) is 5.75 Å². The minimum absolute atomic E-state index is 0.149. The molecule has 1 saturated heterocycles. The molecule has 31 heavy (non-hydrogen) atoms. The number of halogens is 1. The lowest BCUT2D eigenvalue weighted by atomic mass is 10.0. The van der Waals surface area contributed by atoms with Gasteiger partial charge in [-0.2, -0.15) is 0 Å². The lowest BCUT2D eigenvalue weighted by Crippen LogP contribution is -2.43. The monoisotopic (exact) mass is 444 g/mol. The highest BCUT2D eigenvalue weighted by Crippen LogP contribution is 2.29. The van der Waals surface area contributed by atoms with Gasteiger partial charge < -0.3 is 19.7 Å². The average Bonchev–Trinajstić information content (AvgIpc) is 2.80. The predicted octanol–water partition coefficient (Wildman–Crippen LogP) is 4.58. The summed E-state index contributed by atoms with van der Waals surface area (Å²) in [4.78, 5) is 14.7. The maximum absolute atomic E-state index is 12.1. The van der Waals surface area contributed by atoms with E-state index in [0.29, 0.717) is 35.5 Å². The zero-order valence-electron chi connectivity index (χ0n) is 18.5. The molecule has 0 aromatic heterocycles. The smallest absolute Gasteiger partial charge is 0.251 e. The van der Waals surface area contributed by atoms with Crippen LogP contribution in [0.4, 0.5) is 0 Å². The summed E-state index contributed by atoms with van der Waals surface area (Å²) in [5.74, 6) is 0.481. The average molecular weight is 445 g/mol. The Morgan fingerprint density at radius 1 is 1.19 bits per heavy atom. The van der Waals surface area contributed by atoms with Crippen LogP contribution in [0.15, 0.2) is 48.5 Å². The summed E-state index contributed by atoms with van der Waals surface area (Å²) in [5, 5.41) is 3.27. The Morgan fingerprint density at radius 2 is 1.94 bits per heavy atom. The lowest BCUT2D eigenvalue weighted by Gasteiger charge is -2.36. The third kappa shape index (κ3) is 7.23. The van der Waals surface area contributed by atoms with E-state index in [9.17, 15) is 4.79 Å². The fraction of sp³-hybridized carbons (Fsp3) is 0.480. The number of aryl methyl sites for hydroxylation is 1. The maximum Gasteiger partial charge on any atom is 0.251 e. The lowest BCUT2D eigenvalue weighted by molar-refractivity contribution is 0.0776. The summed E-state index contributed by atoms with van der Waals surface area (Å²) in [6, 6.07) is 16.4. The molecule has 5 nitrogen and oxygen atoms in total. The molecule has 2 aromatic rings. The van der Waals surface area contributed by atoms with Crippen LogP contribution in [0.3, 0.4) is 0 Å². The van der Waals surface area contributed by atoms with Gasteiger partial charge in [-0.3, -0.25) is 4.79 Å². The van der Waals surface area contributed by atoms with Crippen molar-refractivity contribution in [3.63, 3.8) is 0 Å². The van der Waals surface area contributed by atoms with Crippen molar-refractivity contribution >= 4 is 17.5 Å². The molecule has 0 aliphatic carbocycles. The number of carbonyl (C=O) groups excluding carboxylic acids is 1. The van der Waals surface area contributed by atoms with E-state index in [-0.39, 0.29) is 12.0 Å². The van der Waals surface area contributed by atoms with E-state index in [4.69, 9.17) is 21.1 Å². The fourth-order valence-electron chi connectivity index (χ4n) is 3.92. The summed E-state index contributed by atoms with van der Waals surface area (Å²) in [7, 11) is 1.60. The molecule has 1 unspecified atom stereocenters. The van der Waals surface area contributed by atoms with Gasteiger partial charge in [0.2, 0.25) is 0 Å². The summed E-state index contributed by atoms with van der Waals surface area (Å²) >= 11 is 6.39. The molecule has 3 rings (SSSR count). The van der Waals surface area contributed by atoms with Crippen molar-refractivity contribution in [2.75, 3.05) is 33.4 Å². The Labute approximate surface area is 190 Å². The highest BCUT2D eigenvalue weighted by atomic mass is 35.5. The minimum Gasteiger partial charge on any atom is -0.489 e. The standard InChI is InChI=1S/C25H33ClN2O3/c1-19(8-9-20-6-4-3-5-7-20)28-15-12-22(13-16-28)31-24-11-10-21(18-23(24)26)25(29)27-14-17-30-2/h3-7,10-11,18-19,22H,8-9,12-17H2,1-2H3,(H,27,29). The van der Waals surface area contributed by atoms with Gasteiger partial charge in [0.05, 0.1) is 11.6 Å². The highest BCUT2D eigenvalue weighted by Gasteiger charge is 2.24. The van der Waals surface area contributed by atoms with Crippen LogP contribution >= 0.6 is 11.6 Å². The van der Waals surface area contributed by atoms with E-state index >= 15 is 0 Å². The summed E-state index contributed by atoms with van der Waals surface area (Å²) in [5.41, 5.74) is 1.92. The molecule has 1 N–H and O–H groups in total. The number of methoxy groups -OCH3 is 1. The van der Waals surface area contributed by atoms with E-state index in [0.717, 1.165) is 38.8 Å². The SMILES string of the molecule is COCCNC(=O)c1ccc(OC2CCN(C(C)CCc3ccccc3)CC2)c(Cl)c1. The highest BCUT2D eigenvalue weighted by molar-refractivity contribution is 6.32. The zero-order chi connectivity index (χ0) is 22.1. The van der Waals surface area contributed by atoms with E-state index < -0.39 is 0 Å². The van der Waals surface area contributed by atoms with Crippen LogP contribution in [0.1, 0.15) is 42.1 Å². The van der Waals surface area contributed by atoms with Crippen molar-refractivity contribution in [3.8, 4) is 5.75 Å². The number of likely N-dealkylation sites (tertiary alicyclic amines) is 1. The third-order valence-electron chi connectivity index (χ3n) is 5.87. The number of benzene rings is 2. The second kappa shape index (κ2) is 12.1. The minimum atomic E-state index is -0.164. The normalized spacial score (nSPS) is 16.1. The molecule has 1 aliphatic heterocycles. The van der Waals surface area contributed by atoms with Gasteiger partial charge in [0.25, 0.3) is 5.91 Å². The molecule has 0 saturated carbocycles. The Bertz CT molecular complexity index is 823. The first-order valence-electron chi connectivity index (χ1n) is 11.1. The first-order chi connectivity index (χ1) is 15.1. The van der Waals surface area contributed by atoms with Gasteiger partial charge in [-0.05, 0) is 56.4 Å². The number of rotatable bonds is 10. The molecule has 1 atom stereocenters. The molecule has 1 amide bonds. The Hall–Kier alpha value is -2.08. The van der Waals surface area contributed by atoms with Crippen LogP contribution in [0, 0.1) is 0 Å². The van der Waals surface area contributed by atoms with E-state index in [2.05, 4.69) is 47.5 Å². The number of piperidine rings is 1. The summed E-state index contributed by atoms with van der Waals surface area (Å²) in [6.45, 7) is 5.31. The third-order valence-corrected chi connectivity index (χ3v) is 6.17. The van der Waals surface area contributed by atoms with Crippen molar-refractivity contribution < 1.29 is 14.3 Å². The molecule has 1 fully saturated rings. The van der Waals surface area contributed by atoms with E-state index in [1.54, 1.807) is 25.3 Å². The van der Waals surface area contributed by atoms with Crippen LogP contribution in [0.25, 0.3) is 0 Å². The number of hydrogen-bond acceptors (Lipinski definition) is 4. The van der Waals surface area contributed by atoms with Crippen molar-refractivity contribution in [3.05, 3.63) is 64.7 Å². The predicted molar refractivity (Wildman–Crippen MR) is 125 cm³/mol. The molecule has 0 radical (unpaired) electrons. The van der Waals surface area contributed by atoms with Gasteiger partial charge in [0, 0.05) is 38.3 Å². The molecular formula is C25H33ClN2O3.